The van der Waals surface area contributed by atoms with Crippen molar-refractivity contribution in [1.82, 2.24) is 0 Å². The van der Waals surface area contributed by atoms with Gasteiger partial charge in [-0.2, -0.15) is 0 Å². The average Bonchev–Trinajstić information content (AvgIpc) is 2.52. The molecular weight excluding hydrogens is 140 g/mol. The Bertz CT molecular complexity index is 179. The Balaban J connectivity index is 2.36. The first-order valence-corrected chi connectivity index (χ1v) is 4.06. The van der Waals surface area contributed by atoms with Gasteiger partial charge >= 0.3 is 0 Å². The summed E-state index contributed by atoms with van der Waals surface area (Å²) in [7, 11) is 0. The van der Waals surface area contributed by atoms with Crippen LogP contribution in [0, 0.1) is 0 Å². The van der Waals surface area contributed by atoms with Crippen LogP contribution in [0.3, 0.4) is 0 Å². The van der Waals surface area contributed by atoms with Crippen molar-refractivity contribution >= 4 is 0 Å². The standard InChI is InChI=1S/C9H14O2/c1-2-3-5-8(10)9-6-4-7-11-9/h4,6-8,10H,2-3,5H2,1H3. The molecule has 1 atom stereocenters. The van der Waals surface area contributed by atoms with E-state index in [9.17, 15) is 5.11 Å². The maximum atomic E-state index is 9.45. The molecule has 1 rings (SSSR count). The van der Waals surface area contributed by atoms with Crippen molar-refractivity contribution in [2.24, 2.45) is 0 Å². The van der Waals surface area contributed by atoms with E-state index in [4.69, 9.17) is 4.42 Å². The van der Waals surface area contributed by atoms with Gasteiger partial charge in [0.25, 0.3) is 0 Å². The van der Waals surface area contributed by atoms with Crippen LogP contribution in [0.15, 0.2) is 22.8 Å². The monoisotopic (exact) mass is 154 g/mol. The summed E-state index contributed by atoms with van der Waals surface area (Å²) in [6.45, 7) is 2.11. The van der Waals surface area contributed by atoms with Crippen molar-refractivity contribution in [3.63, 3.8) is 0 Å². The van der Waals surface area contributed by atoms with Crippen LogP contribution in [0.2, 0.25) is 0 Å². The highest BCUT2D eigenvalue weighted by Crippen LogP contribution is 2.18. The van der Waals surface area contributed by atoms with Gasteiger partial charge in [-0.25, -0.2) is 0 Å². The van der Waals surface area contributed by atoms with Gasteiger partial charge in [-0.15, -0.1) is 0 Å². The second-order valence-corrected chi connectivity index (χ2v) is 2.67. The van der Waals surface area contributed by atoms with Crippen molar-refractivity contribution in [2.45, 2.75) is 32.3 Å². The Kier molecular flexibility index (Phi) is 3.17. The zero-order valence-corrected chi connectivity index (χ0v) is 6.79. The van der Waals surface area contributed by atoms with Crippen LogP contribution in [0.4, 0.5) is 0 Å². The highest BCUT2D eigenvalue weighted by atomic mass is 16.4. The van der Waals surface area contributed by atoms with Crippen LogP contribution in [-0.2, 0) is 0 Å². The third-order valence-electron chi connectivity index (χ3n) is 1.70. The van der Waals surface area contributed by atoms with Crippen molar-refractivity contribution in [1.29, 1.82) is 0 Å². The van der Waals surface area contributed by atoms with Gasteiger partial charge in [0.05, 0.1) is 6.26 Å². The molecule has 1 heterocycles. The minimum atomic E-state index is -0.412. The Morgan fingerprint density at radius 2 is 2.45 bits per heavy atom. The fourth-order valence-electron chi connectivity index (χ4n) is 1.02. The molecule has 0 spiro atoms. The number of aliphatic hydroxyl groups excluding tert-OH is 1. The van der Waals surface area contributed by atoms with E-state index in [0.717, 1.165) is 19.3 Å². The Morgan fingerprint density at radius 3 is 3.00 bits per heavy atom. The van der Waals surface area contributed by atoms with Crippen LogP contribution in [0.1, 0.15) is 38.1 Å². The molecule has 0 aliphatic carbocycles. The quantitative estimate of drug-likeness (QED) is 0.722. The number of furan rings is 1. The molecule has 1 aromatic rings. The third kappa shape index (κ3) is 2.39. The summed E-state index contributed by atoms with van der Waals surface area (Å²) in [6.07, 6.45) is 4.12. The third-order valence-corrected chi connectivity index (χ3v) is 1.70. The second-order valence-electron chi connectivity index (χ2n) is 2.67. The summed E-state index contributed by atoms with van der Waals surface area (Å²) in [6, 6.07) is 3.60. The van der Waals surface area contributed by atoms with E-state index in [2.05, 4.69) is 6.92 Å². The lowest BCUT2D eigenvalue weighted by atomic mass is 10.1. The Morgan fingerprint density at radius 1 is 1.64 bits per heavy atom. The first-order chi connectivity index (χ1) is 5.34. The molecule has 2 heteroatoms. The molecule has 2 nitrogen and oxygen atoms in total. The molecule has 0 aromatic carbocycles. The van der Waals surface area contributed by atoms with Gasteiger partial charge in [0, 0.05) is 0 Å². The van der Waals surface area contributed by atoms with E-state index in [1.165, 1.54) is 0 Å². The summed E-state index contributed by atoms with van der Waals surface area (Å²) in [4.78, 5) is 0. The number of rotatable bonds is 4. The Hall–Kier alpha value is -0.760. The molecule has 1 unspecified atom stereocenters. The zero-order valence-electron chi connectivity index (χ0n) is 6.79. The molecule has 0 saturated heterocycles. The second kappa shape index (κ2) is 4.19. The average molecular weight is 154 g/mol. The smallest absolute Gasteiger partial charge is 0.132 e. The normalized spacial score (nSPS) is 13.3. The van der Waals surface area contributed by atoms with E-state index in [1.807, 2.05) is 0 Å². The molecule has 0 saturated carbocycles. The van der Waals surface area contributed by atoms with Crippen LogP contribution in [-0.4, -0.2) is 5.11 Å². The van der Waals surface area contributed by atoms with E-state index < -0.39 is 6.10 Å². The molecule has 0 amide bonds. The van der Waals surface area contributed by atoms with Gasteiger partial charge < -0.3 is 9.52 Å². The van der Waals surface area contributed by atoms with Crippen LogP contribution in [0.5, 0.6) is 0 Å². The minimum absolute atomic E-state index is 0.412. The molecule has 0 bridgehead atoms. The first-order valence-electron chi connectivity index (χ1n) is 4.06. The van der Waals surface area contributed by atoms with E-state index in [0.29, 0.717) is 5.76 Å². The number of unbranched alkanes of at least 4 members (excludes halogenated alkanes) is 1. The number of hydrogen-bond donors (Lipinski definition) is 1. The molecule has 0 fully saturated rings. The lowest BCUT2D eigenvalue weighted by Crippen LogP contribution is -1.94. The number of aliphatic hydroxyl groups is 1. The predicted octanol–water partition coefficient (Wildman–Crippen LogP) is 2.50. The summed E-state index contributed by atoms with van der Waals surface area (Å²) in [5.41, 5.74) is 0. The molecule has 1 N–H and O–H groups in total. The van der Waals surface area contributed by atoms with Gasteiger partial charge in [0.1, 0.15) is 11.9 Å². The summed E-state index contributed by atoms with van der Waals surface area (Å²) < 4.78 is 5.04. The van der Waals surface area contributed by atoms with Gasteiger partial charge in [-0.3, -0.25) is 0 Å². The van der Waals surface area contributed by atoms with Crippen molar-refractivity contribution < 1.29 is 9.52 Å². The fraction of sp³-hybridized carbons (Fsp3) is 0.556. The highest BCUT2D eigenvalue weighted by molar-refractivity contribution is 5.01. The molecule has 0 aliphatic heterocycles. The molecule has 11 heavy (non-hydrogen) atoms. The molecule has 0 radical (unpaired) electrons. The predicted molar refractivity (Wildman–Crippen MR) is 43.2 cm³/mol. The SMILES string of the molecule is CCCCC(O)c1ccco1. The molecule has 62 valence electrons. The largest absolute Gasteiger partial charge is 0.467 e. The lowest BCUT2D eigenvalue weighted by molar-refractivity contribution is 0.137. The molecule has 0 aliphatic rings. The van der Waals surface area contributed by atoms with Gasteiger partial charge in [-0.1, -0.05) is 19.8 Å². The summed E-state index contributed by atoms with van der Waals surface area (Å²) in [5, 5.41) is 9.45. The van der Waals surface area contributed by atoms with Crippen molar-refractivity contribution in [3.05, 3.63) is 24.2 Å². The van der Waals surface area contributed by atoms with Crippen molar-refractivity contribution in [3.8, 4) is 0 Å². The van der Waals surface area contributed by atoms with Gasteiger partial charge in [-0.05, 0) is 18.6 Å². The van der Waals surface area contributed by atoms with Gasteiger partial charge in [0.2, 0.25) is 0 Å². The summed E-state index contributed by atoms with van der Waals surface area (Å²) >= 11 is 0. The van der Waals surface area contributed by atoms with Crippen LogP contribution < -0.4 is 0 Å². The zero-order chi connectivity index (χ0) is 8.10. The topological polar surface area (TPSA) is 33.4 Å². The maximum Gasteiger partial charge on any atom is 0.132 e. The van der Waals surface area contributed by atoms with Crippen LogP contribution >= 0.6 is 0 Å². The maximum absolute atomic E-state index is 9.45. The Labute approximate surface area is 66.8 Å². The van der Waals surface area contributed by atoms with Crippen LogP contribution in [0.25, 0.3) is 0 Å². The highest BCUT2D eigenvalue weighted by Gasteiger charge is 2.08. The molecular formula is C9H14O2. The summed E-state index contributed by atoms with van der Waals surface area (Å²) in [5.74, 6) is 0.679. The van der Waals surface area contributed by atoms with E-state index in [-0.39, 0.29) is 0 Å². The fourth-order valence-corrected chi connectivity index (χ4v) is 1.02. The minimum Gasteiger partial charge on any atom is -0.467 e. The van der Waals surface area contributed by atoms with E-state index in [1.54, 1.807) is 18.4 Å². The first kappa shape index (κ1) is 8.34. The number of hydrogen-bond acceptors (Lipinski definition) is 2. The molecule has 1 aromatic heterocycles. The van der Waals surface area contributed by atoms with Crippen molar-refractivity contribution in [2.75, 3.05) is 0 Å². The lowest BCUT2D eigenvalue weighted by Gasteiger charge is -2.04. The van der Waals surface area contributed by atoms with Gasteiger partial charge in [0.15, 0.2) is 0 Å². The van der Waals surface area contributed by atoms with E-state index >= 15 is 0 Å².